The van der Waals surface area contributed by atoms with Gasteiger partial charge in [0.2, 0.25) is 5.91 Å². The fraction of sp³-hybridized carbons (Fsp3) is 0.857. The van der Waals surface area contributed by atoms with Crippen LogP contribution < -0.4 is 10.6 Å². The van der Waals surface area contributed by atoms with E-state index in [1.54, 1.807) is 6.92 Å². The molecule has 0 aromatic carbocycles. The molecule has 0 bridgehead atoms. The lowest BCUT2D eigenvalue weighted by molar-refractivity contribution is -0.144. The summed E-state index contributed by atoms with van der Waals surface area (Å²) in [5.74, 6) is -0.0645. The summed E-state index contributed by atoms with van der Waals surface area (Å²) in [5.41, 5.74) is 0. The largest absolute Gasteiger partial charge is 0.468 e. The van der Waals surface area contributed by atoms with Gasteiger partial charge in [-0.05, 0) is 32.6 Å². The molecule has 0 aliphatic carbocycles. The van der Waals surface area contributed by atoms with E-state index in [4.69, 9.17) is 4.74 Å². The Morgan fingerprint density at radius 3 is 2.16 bits per heavy atom. The van der Waals surface area contributed by atoms with Gasteiger partial charge < -0.3 is 10.1 Å². The summed E-state index contributed by atoms with van der Waals surface area (Å²) in [6.07, 6.45) is 1.53. The summed E-state index contributed by atoms with van der Waals surface area (Å²) in [7, 11) is 1.36. The number of esters is 1. The van der Waals surface area contributed by atoms with E-state index in [1.165, 1.54) is 7.11 Å². The number of methoxy groups -OCH3 is 1. The van der Waals surface area contributed by atoms with Crippen molar-refractivity contribution in [2.24, 2.45) is 5.92 Å². The first-order valence-corrected chi connectivity index (χ1v) is 6.96. The van der Waals surface area contributed by atoms with Crippen LogP contribution in [-0.2, 0) is 14.3 Å². The van der Waals surface area contributed by atoms with Crippen molar-refractivity contribution < 1.29 is 14.3 Å². The maximum Gasteiger partial charge on any atom is 0.322 e. The molecule has 0 saturated heterocycles. The molecule has 0 spiro atoms. The highest BCUT2D eigenvalue weighted by Crippen LogP contribution is 2.07. The number of nitrogens with one attached hydrogen (secondary N) is 2. The number of hydrogen-bond donors (Lipinski definition) is 2. The van der Waals surface area contributed by atoms with Crippen LogP contribution >= 0.6 is 0 Å². The van der Waals surface area contributed by atoms with Crippen molar-refractivity contribution in [3.8, 4) is 0 Å². The highest BCUT2D eigenvalue weighted by molar-refractivity contribution is 5.83. The molecule has 0 aromatic rings. The van der Waals surface area contributed by atoms with E-state index in [-0.39, 0.29) is 17.9 Å². The first-order chi connectivity index (χ1) is 8.81. The van der Waals surface area contributed by atoms with Crippen LogP contribution in [0.2, 0.25) is 0 Å². The van der Waals surface area contributed by atoms with Gasteiger partial charge in [-0.2, -0.15) is 0 Å². The van der Waals surface area contributed by atoms with Crippen molar-refractivity contribution >= 4 is 11.9 Å². The van der Waals surface area contributed by atoms with E-state index < -0.39 is 12.1 Å². The van der Waals surface area contributed by atoms with Crippen LogP contribution in [0.3, 0.4) is 0 Å². The molecule has 0 heterocycles. The van der Waals surface area contributed by atoms with Crippen molar-refractivity contribution in [2.75, 3.05) is 7.11 Å². The Kier molecular flexibility index (Phi) is 8.39. The lowest BCUT2D eigenvalue weighted by atomic mass is 10.0. The predicted molar refractivity (Wildman–Crippen MR) is 75.8 cm³/mol. The molecule has 112 valence electrons. The average molecular weight is 272 g/mol. The molecule has 0 aliphatic heterocycles. The normalized spacial score (nSPS) is 15.7. The Hall–Kier alpha value is -1.10. The molecular weight excluding hydrogens is 244 g/mol. The highest BCUT2D eigenvalue weighted by Gasteiger charge is 2.25. The average Bonchev–Trinajstić information content (AvgIpc) is 2.35. The molecule has 19 heavy (non-hydrogen) atoms. The van der Waals surface area contributed by atoms with Gasteiger partial charge in [-0.25, -0.2) is 0 Å². The summed E-state index contributed by atoms with van der Waals surface area (Å²) >= 11 is 0. The lowest BCUT2D eigenvalue weighted by Gasteiger charge is -2.23. The van der Waals surface area contributed by atoms with Gasteiger partial charge in [0.05, 0.1) is 13.2 Å². The Labute approximate surface area is 116 Å². The van der Waals surface area contributed by atoms with E-state index >= 15 is 0 Å². The lowest BCUT2D eigenvalue weighted by Crippen LogP contribution is -2.51. The fourth-order valence-electron chi connectivity index (χ4n) is 1.69. The second-order valence-electron chi connectivity index (χ2n) is 5.41. The molecule has 5 nitrogen and oxygen atoms in total. The van der Waals surface area contributed by atoms with E-state index in [1.807, 2.05) is 27.7 Å². The van der Waals surface area contributed by atoms with E-state index in [0.717, 1.165) is 6.42 Å². The zero-order valence-corrected chi connectivity index (χ0v) is 12.9. The first-order valence-electron chi connectivity index (χ1n) is 6.96. The minimum atomic E-state index is -0.442. The molecule has 2 N–H and O–H groups in total. The molecule has 0 rings (SSSR count). The highest BCUT2D eigenvalue weighted by atomic mass is 16.5. The van der Waals surface area contributed by atoms with Gasteiger partial charge in [0, 0.05) is 6.04 Å². The number of rotatable bonds is 8. The summed E-state index contributed by atoms with van der Waals surface area (Å²) in [4.78, 5) is 23.6. The smallest absolute Gasteiger partial charge is 0.322 e. The fourth-order valence-corrected chi connectivity index (χ4v) is 1.69. The second-order valence-corrected chi connectivity index (χ2v) is 5.41. The van der Waals surface area contributed by atoms with E-state index in [2.05, 4.69) is 10.6 Å². The number of carbonyl (C=O) groups is 2. The Morgan fingerprint density at radius 2 is 1.74 bits per heavy atom. The zero-order valence-electron chi connectivity index (χ0n) is 12.9. The van der Waals surface area contributed by atoms with Gasteiger partial charge in [-0.1, -0.05) is 20.8 Å². The summed E-state index contributed by atoms with van der Waals surface area (Å²) in [5, 5.41) is 5.93. The Morgan fingerprint density at radius 1 is 1.16 bits per heavy atom. The summed E-state index contributed by atoms with van der Waals surface area (Å²) in [6.45, 7) is 9.78. The third-order valence-electron chi connectivity index (χ3n) is 3.04. The van der Waals surface area contributed by atoms with Gasteiger partial charge in [-0.3, -0.25) is 14.9 Å². The maximum absolute atomic E-state index is 11.9. The molecule has 0 aliphatic rings. The quantitative estimate of drug-likeness (QED) is 0.657. The van der Waals surface area contributed by atoms with Crippen molar-refractivity contribution in [2.45, 2.75) is 65.6 Å². The zero-order chi connectivity index (χ0) is 15.0. The standard InChI is InChI=1S/C14H28N2O3/c1-7-10(4)15-13(17)11(5)16-12(8-9(2)3)14(18)19-6/h9-12,16H,7-8H2,1-6H3,(H,15,17). The van der Waals surface area contributed by atoms with Gasteiger partial charge in [-0.15, -0.1) is 0 Å². The van der Waals surface area contributed by atoms with Gasteiger partial charge >= 0.3 is 5.97 Å². The van der Waals surface area contributed by atoms with Crippen molar-refractivity contribution in [3.05, 3.63) is 0 Å². The number of ether oxygens (including phenoxy) is 1. The topological polar surface area (TPSA) is 67.4 Å². The molecule has 0 aromatic heterocycles. The minimum absolute atomic E-state index is 0.0907. The molecule has 3 unspecified atom stereocenters. The maximum atomic E-state index is 11.9. The van der Waals surface area contributed by atoms with Crippen molar-refractivity contribution in [1.82, 2.24) is 10.6 Å². The molecule has 0 fully saturated rings. The molecule has 1 amide bonds. The molecule has 3 atom stereocenters. The van der Waals surface area contributed by atoms with E-state index in [9.17, 15) is 9.59 Å². The molecule has 5 heteroatoms. The van der Waals surface area contributed by atoms with Crippen molar-refractivity contribution in [3.63, 3.8) is 0 Å². The first kappa shape index (κ1) is 17.9. The minimum Gasteiger partial charge on any atom is -0.468 e. The summed E-state index contributed by atoms with van der Waals surface area (Å²) in [6, 6.07) is -0.724. The van der Waals surface area contributed by atoms with Crippen LogP contribution in [0.25, 0.3) is 0 Å². The monoisotopic (exact) mass is 272 g/mol. The Balaban J connectivity index is 4.48. The molecule has 0 saturated carbocycles. The number of carbonyl (C=O) groups excluding carboxylic acids is 2. The summed E-state index contributed by atoms with van der Waals surface area (Å²) < 4.78 is 4.76. The molecular formula is C14H28N2O3. The van der Waals surface area contributed by atoms with Crippen LogP contribution in [0.1, 0.15) is 47.5 Å². The van der Waals surface area contributed by atoms with Crippen molar-refractivity contribution in [1.29, 1.82) is 0 Å². The van der Waals surface area contributed by atoms with Crippen LogP contribution in [0.5, 0.6) is 0 Å². The SMILES string of the molecule is CCC(C)NC(=O)C(C)NC(CC(C)C)C(=O)OC. The van der Waals surface area contributed by atoms with E-state index in [0.29, 0.717) is 12.3 Å². The van der Waals surface area contributed by atoms with Crippen LogP contribution in [0, 0.1) is 5.92 Å². The third kappa shape index (κ3) is 7.15. The van der Waals surface area contributed by atoms with Crippen LogP contribution in [-0.4, -0.2) is 37.1 Å². The Bertz CT molecular complexity index is 292. The van der Waals surface area contributed by atoms with Crippen LogP contribution in [0.4, 0.5) is 0 Å². The van der Waals surface area contributed by atoms with Crippen LogP contribution in [0.15, 0.2) is 0 Å². The van der Waals surface area contributed by atoms with Gasteiger partial charge in [0.1, 0.15) is 6.04 Å². The predicted octanol–water partition coefficient (Wildman–Crippen LogP) is 1.47. The molecule has 0 radical (unpaired) electrons. The number of hydrogen-bond acceptors (Lipinski definition) is 4. The second kappa shape index (κ2) is 8.91. The number of amides is 1. The third-order valence-corrected chi connectivity index (χ3v) is 3.04. The van der Waals surface area contributed by atoms with Gasteiger partial charge in [0.15, 0.2) is 0 Å². The van der Waals surface area contributed by atoms with Gasteiger partial charge in [0.25, 0.3) is 0 Å².